The lowest BCUT2D eigenvalue weighted by atomic mass is 10.2. The molecule has 0 unspecified atom stereocenters. The Morgan fingerprint density at radius 3 is 2.33 bits per heavy atom. The van der Waals surface area contributed by atoms with Gasteiger partial charge in [-0.2, -0.15) is 0 Å². The number of rotatable bonds is 9. The first-order chi connectivity index (χ1) is 14.5. The highest BCUT2D eigenvalue weighted by molar-refractivity contribution is 7.99. The highest BCUT2D eigenvalue weighted by Gasteiger charge is 2.14. The van der Waals surface area contributed by atoms with E-state index in [2.05, 4.69) is 15.5 Å². The molecule has 1 N–H and O–H groups in total. The molecule has 2 aromatic carbocycles. The summed E-state index contributed by atoms with van der Waals surface area (Å²) in [6.07, 6.45) is 0. The molecule has 0 aliphatic heterocycles. The van der Waals surface area contributed by atoms with Crippen molar-refractivity contribution in [2.24, 2.45) is 0 Å². The maximum absolute atomic E-state index is 12.2. The number of halogens is 1. The number of aromatic nitrogens is 2. The van der Waals surface area contributed by atoms with Gasteiger partial charge in [0.2, 0.25) is 17.5 Å². The third kappa shape index (κ3) is 5.37. The lowest BCUT2D eigenvalue weighted by molar-refractivity contribution is -0.118. The van der Waals surface area contributed by atoms with Crippen LogP contribution in [-0.4, -0.2) is 43.2 Å². The monoisotopic (exact) mass is 449 g/mol. The minimum absolute atomic E-state index is 0.132. The predicted octanol–water partition coefficient (Wildman–Crippen LogP) is 3.82. The zero-order valence-electron chi connectivity index (χ0n) is 16.6. The molecule has 0 fully saturated rings. The van der Waals surface area contributed by atoms with Crippen molar-refractivity contribution < 1.29 is 23.4 Å². The lowest BCUT2D eigenvalue weighted by Crippen LogP contribution is -2.24. The van der Waals surface area contributed by atoms with E-state index in [1.54, 1.807) is 50.6 Å². The fourth-order valence-electron chi connectivity index (χ4n) is 2.59. The van der Waals surface area contributed by atoms with Crippen molar-refractivity contribution in [2.75, 3.05) is 27.1 Å². The first kappa shape index (κ1) is 21.8. The van der Waals surface area contributed by atoms with E-state index in [-0.39, 0.29) is 11.7 Å². The Morgan fingerprint density at radius 1 is 1.07 bits per heavy atom. The summed E-state index contributed by atoms with van der Waals surface area (Å²) in [6.45, 7) is 0.302. The molecule has 0 atom stereocenters. The van der Waals surface area contributed by atoms with Crippen LogP contribution in [0.3, 0.4) is 0 Å². The number of nitrogens with zero attached hydrogens (tertiary/aromatic N) is 2. The maximum atomic E-state index is 12.2. The number of benzene rings is 2. The van der Waals surface area contributed by atoms with E-state index >= 15 is 0 Å². The second-order valence-corrected chi connectivity index (χ2v) is 7.34. The van der Waals surface area contributed by atoms with Crippen LogP contribution in [0.25, 0.3) is 11.5 Å². The molecule has 3 aromatic rings. The first-order valence-corrected chi connectivity index (χ1v) is 10.2. The number of thioether (sulfide) groups is 1. The summed E-state index contributed by atoms with van der Waals surface area (Å²) in [5, 5.41) is 11.7. The number of ether oxygens (including phenoxy) is 3. The minimum Gasteiger partial charge on any atom is -0.493 e. The Labute approximate surface area is 182 Å². The van der Waals surface area contributed by atoms with Crippen LogP contribution in [-0.2, 0) is 11.3 Å². The molecule has 30 heavy (non-hydrogen) atoms. The molecule has 10 heteroatoms. The number of carbonyl (C=O) groups excluding carboxylic acids is 1. The van der Waals surface area contributed by atoms with Crippen LogP contribution in [0.15, 0.2) is 46.0 Å². The molecule has 0 bridgehead atoms. The van der Waals surface area contributed by atoms with E-state index in [1.807, 2.05) is 0 Å². The van der Waals surface area contributed by atoms with Crippen molar-refractivity contribution in [3.05, 3.63) is 47.0 Å². The van der Waals surface area contributed by atoms with Crippen LogP contribution < -0.4 is 19.5 Å². The SMILES string of the molecule is COc1cc(CNC(=O)CSc2nnc(-c3ccc(Cl)cc3)o2)cc(OC)c1OC. The van der Waals surface area contributed by atoms with Gasteiger partial charge >= 0.3 is 0 Å². The average Bonchev–Trinajstić information content (AvgIpc) is 3.24. The van der Waals surface area contributed by atoms with Crippen molar-refractivity contribution in [1.29, 1.82) is 0 Å². The van der Waals surface area contributed by atoms with Gasteiger partial charge in [0.1, 0.15) is 0 Å². The Kier molecular flexibility index (Phi) is 7.42. The number of hydrogen-bond donors (Lipinski definition) is 1. The smallest absolute Gasteiger partial charge is 0.277 e. The molecule has 3 rings (SSSR count). The van der Waals surface area contributed by atoms with Crippen molar-refractivity contribution in [3.63, 3.8) is 0 Å². The van der Waals surface area contributed by atoms with Crippen LogP contribution in [0.2, 0.25) is 5.02 Å². The van der Waals surface area contributed by atoms with Gasteiger partial charge in [-0.3, -0.25) is 4.79 Å². The standard InChI is InChI=1S/C20H20ClN3O5S/c1-26-15-8-12(9-16(27-2)18(15)28-3)10-22-17(25)11-30-20-24-23-19(29-20)13-4-6-14(21)7-5-13/h4-9H,10-11H2,1-3H3,(H,22,25). The van der Waals surface area contributed by atoms with Gasteiger partial charge in [0.25, 0.3) is 5.22 Å². The summed E-state index contributed by atoms with van der Waals surface area (Å²) >= 11 is 7.03. The number of hydrogen-bond acceptors (Lipinski definition) is 8. The van der Waals surface area contributed by atoms with Gasteiger partial charge in [-0.05, 0) is 42.0 Å². The van der Waals surface area contributed by atoms with Crippen molar-refractivity contribution >= 4 is 29.3 Å². The molecule has 0 spiro atoms. The second-order valence-electron chi connectivity index (χ2n) is 5.98. The van der Waals surface area contributed by atoms with E-state index < -0.39 is 0 Å². The van der Waals surface area contributed by atoms with E-state index in [1.165, 1.54) is 7.11 Å². The van der Waals surface area contributed by atoms with E-state index in [9.17, 15) is 4.79 Å². The third-order valence-electron chi connectivity index (χ3n) is 4.04. The van der Waals surface area contributed by atoms with E-state index in [0.29, 0.717) is 39.9 Å². The summed E-state index contributed by atoms with van der Waals surface area (Å²) in [6, 6.07) is 10.6. The van der Waals surface area contributed by atoms with Gasteiger partial charge in [0.15, 0.2) is 11.5 Å². The van der Waals surface area contributed by atoms with Crippen molar-refractivity contribution in [1.82, 2.24) is 15.5 Å². The molecule has 0 saturated carbocycles. The largest absolute Gasteiger partial charge is 0.493 e. The van der Waals surface area contributed by atoms with Crippen LogP contribution in [0.1, 0.15) is 5.56 Å². The molecule has 0 aliphatic rings. The van der Waals surface area contributed by atoms with Crippen molar-refractivity contribution in [3.8, 4) is 28.7 Å². The van der Waals surface area contributed by atoms with Gasteiger partial charge in [0, 0.05) is 17.1 Å². The number of nitrogens with one attached hydrogen (secondary N) is 1. The molecule has 1 amide bonds. The van der Waals surface area contributed by atoms with Crippen LogP contribution in [0, 0.1) is 0 Å². The highest BCUT2D eigenvalue weighted by Crippen LogP contribution is 2.38. The summed E-state index contributed by atoms with van der Waals surface area (Å²) in [5.41, 5.74) is 1.57. The molecule has 0 aliphatic carbocycles. The van der Waals surface area contributed by atoms with Crippen LogP contribution >= 0.6 is 23.4 Å². The molecule has 0 radical (unpaired) electrons. The topological polar surface area (TPSA) is 95.7 Å². The van der Waals surface area contributed by atoms with Crippen LogP contribution in [0.4, 0.5) is 0 Å². The van der Waals surface area contributed by atoms with Gasteiger partial charge < -0.3 is 23.9 Å². The zero-order valence-corrected chi connectivity index (χ0v) is 18.2. The minimum atomic E-state index is -0.181. The summed E-state index contributed by atoms with van der Waals surface area (Å²) < 4.78 is 21.5. The Balaban J connectivity index is 1.55. The predicted molar refractivity (Wildman–Crippen MR) is 113 cm³/mol. The molecular formula is C20H20ClN3O5S. The van der Waals surface area contributed by atoms with E-state index in [0.717, 1.165) is 22.9 Å². The molecule has 8 nitrogen and oxygen atoms in total. The maximum Gasteiger partial charge on any atom is 0.277 e. The quantitative estimate of drug-likeness (QED) is 0.492. The summed E-state index contributed by atoms with van der Waals surface area (Å²) in [5.74, 6) is 1.87. The number of carbonyl (C=O) groups is 1. The number of amides is 1. The highest BCUT2D eigenvalue weighted by atomic mass is 35.5. The fourth-order valence-corrected chi connectivity index (χ4v) is 3.31. The number of methoxy groups -OCH3 is 3. The summed E-state index contributed by atoms with van der Waals surface area (Å²) in [7, 11) is 4.62. The van der Waals surface area contributed by atoms with Gasteiger partial charge in [0.05, 0.1) is 27.1 Å². The molecule has 0 saturated heterocycles. The Morgan fingerprint density at radius 2 is 1.73 bits per heavy atom. The first-order valence-electron chi connectivity index (χ1n) is 8.82. The Hall–Kier alpha value is -2.91. The zero-order chi connectivity index (χ0) is 21.5. The van der Waals surface area contributed by atoms with Gasteiger partial charge in [-0.1, -0.05) is 23.4 Å². The van der Waals surface area contributed by atoms with Gasteiger partial charge in [-0.25, -0.2) is 0 Å². The lowest BCUT2D eigenvalue weighted by Gasteiger charge is -2.14. The summed E-state index contributed by atoms with van der Waals surface area (Å²) in [4.78, 5) is 12.2. The average molecular weight is 450 g/mol. The van der Waals surface area contributed by atoms with E-state index in [4.69, 9.17) is 30.2 Å². The molecule has 1 heterocycles. The third-order valence-corrected chi connectivity index (χ3v) is 5.11. The Bertz CT molecular complexity index is 985. The second kappa shape index (κ2) is 10.2. The molecular weight excluding hydrogens is 430 g/mol. The normalized spacial score (nSPS) is 10.5. The van der Waals surface area contributed by atoms with Gasteiger partial charge in [-0.15, -0.1) is 10.2 Å². The molecule has 1 aromatic heterocycles. The van der Waals surface area contributed by atoms with Crippen LogP contribution in [0.5, 0.6) is 17.2 Å². The fraction of sp³-hybridized carbons (Fsp3) is 0.250. The molecule has 158 valence electrons. The van der Waals surface area contributed by atoms with Crippen molar-refractivity contribution in [2.45, 2.75) is 11.8 Å².